The fourth-order valence-electron chi connectivity index (χ4n) is 1.75. The molecule has 0 aliphatic heterocycles. The minimum absolute atomic E-state index is 0.304. The van der Waals surface area contributed by atoms with Gasteiger partial charge in [0.15, 0.2) is 6.61 Å². The summed E-state index contributed by atoms with van der Waals surface area (Å²) >= 11 is 1.52. The molecule has 10 heteroatoms. The second-order valence-corrected chi connectivity index (χ2v) is 5.84. The first-order valence-corrected chi connectivity index (χ1v) is 7.74. The minimum Gasteiger partial charge on any atom is -0.440 e. The van der Waals surface area contributed by atoms with Gasteiger partial charge in [-0.3, -0.25) is 4.79 Å². The van der Waals surface area contributed by atoms with E-state index in [1.165, 1.54) is 11.3 Å². The lowest BCUT2D eigenvalue weighted by atomic mass is 10.3. The van der Waals surface area contributed by atoms with Gasteiger partial charge in [-0.05, 0) is 12.1 Å². The highest BCUT2D eigenvalue weighted by atomic mass is 32.1. The van der Waals surface area contributed by atoms with Gasteiger partial charge >= 0.3 is 12.3 Å². The predicted octanol–water partition coefficient (Wildman–Crippen LogP) is 2.24. The number of amides is 2. The van der Waals surface area contributed by atoms with Gasteiger partial charge in [-0.2, -0.15) is 13.2 Å². The fourth-order valence-corrected chi connectivity index (χ4v) is 2.72. The van der Waals surface area contributed by atoms with Crippen LogP contribution >= 0.6 is 11.3 Å². The average molecular weight is 361 g/mol. The smallest absolute Gasteiger partial charge is 0.422 e. The number of fused-ring (bicyclic) bond motifs is 1. The summed E-state index contributed by atoms with van der Waals surface area (Å²) in [5.74, 6) is -0.528. The first-order chi connectivity index (χ1) is 11.3. The van der Waals surface area contributed by atoms with Crippen molar-refractivity contribution in [2.45, 2.75) is 12.6 Å². The highest BCUT2D eigenvalue weighted by Crippen LogP contribution is 2.21. The van der Waals surface area contributed by atoms with Crippen molar-refractivity contribution in [2.24, 2.45) is 0 Å². The first kappa shape index (κ1) is 18.0. The number of halogens is 3. The summed E-state index contributed by atoms with van der Waals surface area (Å²) < 4.78 is 40.4. The van der Waals surface area contributed by atoms with Gasteiger partial charge in [0, 0.05) is 13.0 Å². The molecule has 2 aromatic rings. The van der Waals surface area contributed by atoms with Crippen LogP contribution in [-0.2, 0) is 16.0 Å². The summed E-state index contributed by atoms with van der Waals surface area (Å²) in [6.45, 7) is -1.85. The van der Waals surface area contributed by atoms with Crippen molar-refractivity contribution in [1.29, 1.82) is 0 Å². The van der Waals surface area contributed by atoms with Crippen LogP contribution in [0, 0.1) is 0 Å². The van der Waals surface area contributed by atoms with Gasteiger partial charge in [-0.15, -0.1) is 11.3 Å². The maximum absolute atomic E-state index is 11.8. The molecule has 0 radical (unpaired) electrons. The highest BCUT2D eigenvalue weighted by Gasteiger charge is 2.29. The molecule has 6 nitrogen and oxygen atoms in total. The molecule has 0 unspecified atom stereocenters. The van der Waals surface area contributed by atoms with E-state index in [-0.39, 0.29) is 0 Å². The molecule has 130 valence electrons. The molecule has 0 saturated heterocycles. The Bertz CT molecular complexity index is 685. The number of benzene rings is 1. The highest BCUT2D eigenvalue weighted by molar-refractivity contribution is 7.18. The molecule has 0 atom stereocenters. The lowest BCUT2D eigenvalue weighted by molar-refractivity contribution is -0.160. The maximum atomic E-state index is 11.8. The molecule has 0 fully saturated rings. The number of alkyl halides is 3. The van der Waals surface area contributed by atoms with E-state index in [2.05, 4.69) is 15.0 Å². The third kappa shape index (κ3) is 6.03. The normalized spacial score (nSPS) is 11.3. The molecule has 0 bridgehead atoms. The van der Waals surface area contributed by atoms with Crippen LogP contribution in [0.25, 0.3) is 10.2 Å². The number of carbonyl (C=O) groups is 2. The van der Waals surface area contributed by atoms with E-state index < -0.39 is 31.3 Å². The molecular formula is C14H14F3N3O3S. The third-order valence-corrected chi connectivity index (χ3v) is 3.86. The number of thiazole rings is 1. The van der Waals surface area contributed by atoms with Gasteiger partial charge in [-0.1, -0.05) is 12.1 Å². The van der Waals surface area contributed by atoms with Crippen molar-refractivity contribution in [3.8, 4) is 0 Å². The predicted molar refractivity (Wildman–Crippen MR) is 81.7 cm³/mol. The Balaban J connectivity index is 1.65. The van der Waals surface area contributed by atoms with E-state index in [9.17, 15) is 22.8 Å². The van der Waals surface area contributed by atoms with Crippen LogP contribution in [0.4, 0.5) is 18.0 Å². The maximum Gasteiger partial charge on any atom is 0.422 e. The number of rotatable bonds is 6. The zero-order chi connectivity index (χ0) is 17.6. The van der Waals surface area contributed by atoms with Crippen LogP contribution in [0.2, 0.25) is 0 Å². The van der Waals surface area contributed by atoms with E-state index in [1.54, 1.807) is 0 Å². The number of nitrogens with zero attached hydrogens (tertiary/aromatic N) is 1. The average Bonchev–Trinajstić information content (AvgIpc) is 2.93. The summed E-state index contributed by atoms with van der Waals surface area (Å²) in [7, 11) is 0. The lowest BCUT2D eigenvalue weighted by Gasteiger charge is -2.09. The topological polar surface area (TPSA) is 80.3 Å². The molecule has 2 N–H and O–H groups in total. The Morgan fingerprint density at radius 1 is 1.21 bits per heavy atom. The second kappa shape index (κ2) is 7.95. The Hall–Kier alpha value is -2.36. The van der Waals surface area contributed by atoms with Crippen molar-refractivity contribution in [1.82, 2.24) is 15.6 Å². The Morgan fingerprint density at radius 2 is 1.96 bits per heavy atom. The number of aromatic nitrogens is 1. The Morgan fingerprint density at radius 3 is 2.67 bits per heavy atom. The summed E-state index contributed by atoms with van der Waals surface area (Å²) in [6, 6.07) is 7.64. The van der Waals surface area contributed by atoms with Gasteiger partial charge in [0.05, 0.1) is 21.8 Å². The molecule has 1 aromatic heterocycles. The van der Waals surface area contributed by atoms with Gasteiger partial charge in [0.25, 0.3) is 0 Å². The van der Waals surface area contributed by atoms with Gasteiger partial charge in [-0.25, -0.2) is 9.78 Å². The molecule has 0 saturated carbocycles. The number of alkyl carbamates (subject to hydrolysis) is 1. The van der Waals surface area contributed by atoms with Crippen LogP contribution in [-0.4, -0.2) is 42.9 Å². The van der Waals surface area contributed by atoms with E-state index in [0.717, 1.165) is 15.2 Å². The Labute approximate surface area is 139 Å². The van der Waals surface area contributed by atoms with Gasteiger partial charge in [0.2, 0.25) is 5.91 Å². The number of nitrogens with one attached hydrogen (secondary N) is 2. The monoisotopic (exact) mass is 361 g/mol. The lowest BCUT2D eigenvalue weighted by Crippen LogP contribution is -2.38. The third-order valence-electron chi connectivity index (χ3n) is 2.76. The molecular weight excluding hydrogens is 347 g/mol. The summed E-state index contributed by atoms with van der Waals surface area (Å²) in [5.41, 5.74) is 0.887. The number of hydrogen-bond acceptors (Lipinski definition) is 5. The summed E-state index contributed by atoms with van der Waals surface area (Å²) in [5, 5.41) is 5.33. The fraction of sp³-hybridized carbons (Fsp3) is 0.357. The van der Waals surface area contributed by atoms with Crippen LogP contribution in [0.1, 0.15) is 5.01 Å². The molecule has 2 amide bonds. The second-order valence-electron chi connectivity index (χ2n) is 4.72. The molecule has 1 aromatic carbocycles. The van der Waals surface area contributed by atoms with Crippen LogP contribution in [0.5, 0.6) is 0 Å². The number of para-hydroxylation sites is 1. The number of carbonyl (C=O) groups excluding carboxylic acids is 2. The van der Waals surface area contributed by atoms with E-state index in [1.807, 2.05) is 29.6 Å². The van der Waals surface area contributed by atoms with E-state index in [4.69, 9.17) is 0 Å². The molecule has 24 heavy (non-hydrogen) atoms. The van der Waals surface area contributed by atoms with Gasteiger partial charge in [0.1, 0.15) is 0 Å². The number of hydrogen-bond donors (Lipinski definition) is 2. The standard InChI is InChI=1S/C14H14F3N3O3S/c15-14(16,17)8-23-13(22)19-7-11(21)18-6-5-12-20-9-3-1-2-4-10(9)24-12/h1-4H,5-8H2,(H,18,21)(H,19,22). The van der Waals surface area contributed by atoms with Crippen molar-refractivity contribution < 1.29 is 27.5 Å². The largest absolute Gasteiger partial charge is 0.440 e. The zero-order valence-electron chi connectivity index (χ0n) is 12.4. The van der Waals surface area contributed by atoms with Crippen LogP contribution < -0.4 is 10.6 Å². The van der Waals surface area contributed by atoms with Gasteiger partial charge < -0.3 is 15.4 Å². The molecule has 1 heterocycles. The van der Waals surface area contributed by atoms with E-state index in [0.29, 0.717) is 13.0 Å². The van der Waals surface area contributed by atoms with Crippen LogP contribution in [0.3, 0.4) is 0 Å². The zero-order valence-corrected chi connectivity index (χ0v) is 13.2. The molecule has 2 rings (SSSR count). The summed E-state index contributed by atoms with van der Waals surface area (Å²) in [6.07, 6.45) is -5.38. The molecule has 0 spiro atoms. The minimum atomic E-state index is -4.60. The quantitative estimate of drug-likeness (QED) is 0.827. The SMILES string of the molecule is O=C(CNC(=O)OCC(F)(F)F)NCCc1nc2ccccc2s1. The van der Waals surface area contributed by atoms with Crippen molar-refractivity contribution >= 4 is 33.6 Å². The Kier molecular flexibility index (Phi) is 5.96. The van der Waals surface area contributed by atoms with Crippen molar-refractivity contribution in [3.63, 3.8) is 0 Å². The number of ether oxygens (including phenoxy) is 1. The van der Waals surface area contributed by atoms with Crippen LogP contribution in [0.15, 0.2) is 24.3 Å². The molecule has 0 aliphatic carbocycles. The summed E-state index contributed by atoms with van der Waals surface area (Å²) in [4.78, 5) is 26.9. The van der Waals surface area contributed by atoms with E-state index >= 15 is 0 Å². The first-order valence-electron chi connectivity index (χ1n) is 6.92. The van der Waals surface area contributed by atoms with Crippen molar-refractivity contribution in [2.75, 3.05) is 19.7 Å². The molecule has 0 aliphatic rings. The van der Waals surface area contributed by atoms with Crippen molar-refractivity contribution in [3.05, 3.63) is 29.3 Å².